The molecule has 0 N–H and O–H groups in total. The Morgan fingerprint density at radius 2 is 2.05 bits per heavy atom. The molecule has 0 aliphatic rings. The first kappa shape index (κ1) is 17.5. The van der Waals surface area contributed by atoms with Gasteiger partial charge in [0.2, 0.25) is 0 Å². The highest BCUT2D eigenvalue weighted by Gasteiger charge is 2.19. The molecule has 0 spiro atoms. The van der Waals surface area contributed by atoms with Crippen molar-refractivity contribution in [2.24, 2.45) is 0 Å². The van der Waals surface area contributed by atoms with Gasteiger partial charge in [0.1, 0.15) is 0 Å². The van der Waals surface area contributed by atoms with Gasteiger partial charge in [0.25, 0.3) is 5.69 Å². The first-order valence-electron chi connectivity index (χ1n) is 6.77. The predicted molar refractivity (Wildman–Crippen MR) is 81.1 cm³/mol. The molecular weight excluding hydrogens is 290 g/mol. The van der Waals surface area contributed by atoms with Gasteiger partial charge in [-0.1, -0.05) is 0 Å². The van der Waals surface area contributed by atoms with Gasteiger partial charge in [-0.05, 0) is 32.9 Å². The fraction of sp³-hybridized carbons (Fsp3) is 0.400. The average molecular weight is 309 g/mol. The van der Waals surface area contributed by atoms with Crippen molar-refractivity contribution in [2.75, 3.05) is 13.7 Å². The monoisotopic (exact) mass is 309 g/mol. The van der Waals surface area contributed by atoms with Crippen molar-refractivity contribution < 1.29 is 23.9 Å². The van der Waals surface area contributed by atoms with Gasteiger partial charge in [-0.25, -0.2) is 4.79 Å². The molecular formula is C15H19NO6. The Kier molecular flexibility index (Phi) is 6.37. The van der Waals surface area contributed by atoms with Crippen LogP contribution in [0.15, 0.2) is 18.2 Å². The second-order valence-electron chi connectivity index (χ2n) is 4.57. The summed E-state index contributed by atoms with van der Waals surface area (Å²) in [6.45, 7) is 5.52. The number of benzene rings is 1. The standard InChI is InChI=1S/C15H19NO6/c1-5-21-15(17)7-6-11-8-13(20-4)14(22-10(2)3)9-12(11)16(18)19/h6-10H,5H2,1-4H3/b7-6+. The lowest BCUT2D eigenvalue weighted by Gasteiger charge is -2.14. The highest BCUT2D eigenvalue weighted by atomic mass is 16.6. The summed E-state index contributed by atoms with van der Waals surface area (Å²) < 4.78 is 15.4. The molecule has 0 saturated heterocycles. The largest absolute Gasteiger partial charge is 0.493 e. The van der Waals surface area contributed by atoms with E-state index in [1.807, 2.05) is 0 Å². The van der Waals surface area contributed by atoms with Crippen LogP contribution in [0.1, 0.15) is 26.3 Å². The van der Waals surface area contributed by atoms with E-state index in [4.69, 9.17) is 14.2 Å². The molecule has 1 rings (SSSR count). The van der Waals surface area contributed by atoms with Gasteiger partial charge < -0.3 is 14.2 Å². The molecule has 0 atom stereocenters. The number of nitro benzene ring substituents is 1. The molecule has 1 aromatic rings. The maximum Gasteiger partial charge on any atom is 0.330 e. The summed E-state index contributed by atoms with van der Waals surface area (Å²) in [4.78, 5) is 22.0. The SMILES string of the molecule is CCOC(=O)/C=C/c1cc(OC)c(OC(C)C)cc1[N+](=O)[O-]. The van der Waals surface area contributed by atoms with Crippen molar-refractivity contribution in [3.05, 3.63) is 33.9 Å². The molecule has 0 unspecified atom stereocenters. The van der Waals surface area contributed by atoms with Crippen LogP contribution in [-0.4, -0.2) is 30.7 Å². The molecule has 0 radical (unpaired) electrons. The molecule has 0 saturated carbocycles. The Labute approximate surface area is 128 Å². The second-order valence-corrected chi connectivity index (χ2v) is 4.57. The highest BCUT2D eigenvalue weighted by Crippen LogP contribution is 2.35. The lowest BCUT2D eigenvalue weighted by molar-refractivity contribution is -0.385. The summed E-state index contributed by atoms with van der Waals surface area (Å²) in [6, 6.07) is 2.73. The van der Waals surface area contributed by atoms with Crippen molar-refractivity contribution in [3.8, 4) is 11.5 Å². The smallest absolute Gasteiger partial charge is 0.330 e. The minimum absolute atomic E-state index is 0.158. The van der Waals surface area contributed by atoms with Gasteiger partial charge in [0.15, 0.2) is 11.5 Å². The topological polar surface area (TPSA) is 87.9 Å². The van der Waals surface area contributed by atoms with Crippen molar-refractivity contribution in [2.45, 2.75) is 26.9 Å². The number of ether oxygens (including phenoxy) is 3. The van der Waals surface area contributed by atoms with E-state index in [0.29, 0.717) is 5.75 Å². The van der Waals surface area contributed by atoms with E-state index in [2.05, 4.69) is 0 Å². The number of esters is 1. The van der Waals surface area contributed by atoms with E-state index >= 15 is 0 Å². The second kappa shape index (κ2) is 8.02. The van der Waals surface area contributed by atoms with Gasteiger partial charge in [-0.15, -0.1) is 0 Å². The number of hydrogen-bond acceptors (Lipinski definition) is 6. The van der Waals surface area contributed by atoms with Crippen LogP contribution in [0.2, 0.25) is 0 Å². The normalized spacial score (nSPS) is 10.8. The van der Waals surface area contributed by atoms with Crippen LogP contribution in [0.3, 0.4) is 0 Å². The molecule has 0 amide bonds. The van der Waals surface area contributed by atoms with Crippen molar-refractivity contribution in [1.82, 2.24) is 0 Å². The third-order valence-electron chi connectivity index (χ3n) is 2.56. The van der Waals surface area contributed by atoms with E-state index in [1.54, 1.807) is 20.8 Å². The fourth-order valence-electron chi connectivity index (χ4n) is 1.71. The van der Waals surface area contributed by atoms with Crippen LogP contribution in [0.5, 0.6) is 11.5 Å². The summed E-state index contributed by atoms with van der Waals surface area (Å²) in [6.07, 6.45) is 2.29. The summed E-state index contributed by atoms with van der Waals surface area (Å²) >= 11 is 0. The number of rotatable bonds is 7. The van der Waals surface area contributed by atoms with Crippen LogP contribution in [-0.2, 0) is 9.53 Å². The van der Waals surface area contributed by atoms with Crippen LogP contribution in [0, 0.1) is 10.1 Å². The zero-order valence-electron chi connectivity index (χ0n) is 13.0. The molecule has 0 aliphatic carbocycles. The van der Waals surface area contributed by atoms with Crippen molar-refractivity contribution >= 4 is 17.7 Å². The molecule has 7 nitrogen and oxygen atoms in total. The minimum Gasteiger partial charge on any atom is -0.493 e. The molecule has 0 bridgehead atoms. The lowest BCUT2D eigenvalue weighted by Crippen LogP contribution is -2.07. The van der Waals surface area contributed by atoms with Gasteiger partial charge in [0.05, 0.1) is 36.4 Å². The van der Waals surface area contributed by atoms with E-state index in [-0.39, 0.29) is 29.7 Å². The number of methoxy groups -OCH3 is 1. The van der Waals surface area contributed by atoms with Gasteiger partial charge in [-0.2, -0.15) is 0 Å². The summed E-state index contributed by atoms with van der Waals surface area (Å²) in [7, 11) is 1.44. The molecule has 0 heterocycles. The third kappa shape index (κ3) is 4.76. The molecule has 0 aliphatic heterocycles. The van der Waals surface area contributed by atoms with E-state index in [1.165, 1.54) is 25.3 Å². The average Bonchev–Trinajstić information content (AvgIpc) is 2.45. The lowest BCUT2D eigenvalue weighted by atomic mass is 10.1. The van der Waals surface area contributed by atoms with Crippen LogP contribution in [0.4, 0.5) is 5.69 Å². The van der Waals surface area contributed by atoms with Crippen molar-refractivity contribution in [1.29, 1.82) is 0 Å². The summed E-state index contributed by atoms with van der Waals surface area (Å²) in [5, 5.41) is 11.2. The number of nitrogens with zero attached hydrogens (tertiary/aromatic N) is 1. The fourth-order valence-corrected chi connectivity index (χ4v) is 1.71. The maximum atomic E-state index is 11.3. The van der Waals surface area contributed by atoms with E-state index in [0.717, 1.165) is 6.08 Å². The van der Waals surface area contributed by atoms with Gasteiger partial charge in [-0.3, -0.25) is 10.1 Å². The first-order valence-corrected chi connectivity index (χ1v) is 6.77. The van der Waals surface area contributed by atoms with Crippen LogP contribution >= 0.6 is 0 Å². The Hall–Kier alpha value is -2.57. The Morgan fingerprint density at radius 1 is 1.36 bits per heavy atom. The minimum atomic E-state index is -0.571. The third-order valence-corrected chi connectivity index (χ3v) is 2.56. The maximum absolute atomic E-state index is 11.3. The molecule has 22 heavy (non-hydrogen) atoms. The molecule has 0 aromatic heterocycles. The Morgan fingerprint density at radius 3 is 2.55 bits per heavy atom. The van der Waals surface area contributed by atoms with Gasteiger partial charge in [0, 0.05) is 6.08 Å². The predicted octanol–water partition coefficient (Wildman–Crippen LogP) is 2.97. The van der Waals surface area contributed by atoms with Crippen LogP contribution < -0.4 is 9.47 Å². The highest BCUT2D eigenvalue weighted by molar-refractivity contribution is 5.88. The quantitative estimate of drug-likeness (QED) is 0.333. The Balaban J connectivity index is 3.25. The zero-order chi connectivity index (χ0) is 16.7. The Bertz CT molecular complexity index is 580. The van der Waals surface area contributed by atoms with Crippen LogP contribution in [0.25, 0.3) is 6.08 Å². The number of carbonyl (C=O) groups excluding carboxylic acids is 1. The number of nitro groups is 1. The van der Waals surface area contributed by atoms with E-state index in [9.17, 15) is 14.9 Å². The first-order chi connectivity index (χ1) is 10.4. The molecule has 7 heteroatoms. The van der Waals surface area contributed by atoms with E-state index < -0.39 is 10.9 Å². The number of carbonyl (C=O) groups is 1. The number of hydrogen-bond donors (Lipinski definition) is 0. The summed E-state index contributed by atoms with van der Waals surface area (Å²) in [5.41, 5.74) is 0.0445. The summed E-state index contributed by atoms with van der Waals surface area (Å²) in [5.74, 6) is 0.0542. The molecule has 1 aromatic carbocycles. The molecule has 120 valence electrons. The van der Waals surface area contributed by atoms with Gasteiger partial charge >= 0.3 is 5.97 Å². The zero-order valence-corrected chi connectivity index (χ0v) is 13.0. The van der Waals surface area contributed by atoms with Crippen molar-refractivity contribution in [3.63, 3.8) is 0 Å². The molecule has 0 fully saturated rings.